The molecular formula is C32H43N7O6S2. The molecule has 2 amide bonds. The summed E-state index contributed by atoms with van der Waals surface area (Å²) in [6, 6.07) is 8.04. The summed E-state index contributed by atoms with van der Waals surface area (Å²) in [7, 11) is 0. The number of thiophene rings is 1. The minimum absolute atomic E-state index is 0.0128. The molecule has 1 aliphatic rings. The van der Waals surface area contributed by atoms with Crippen molar-refractivity contribution in [2.24, 2.45) is 23.3 Å². The van der Waals surface area contributed by atoms with Gasteiger partial charge in [-0.3, -0.25) is 19.8 Å². The standard InChI is InChI=1S/C26H29N3O4S2.C6H14N4O2/c1-15(2)29(25(31)18-6-4-16(3)5-7-18)21-12-22(35-23(21)26(32)33)17-8-10-19(11-9-17)28-24(30)20-13-34-14-27-20;7-4(5(11)12)2-1-3-10-6(8)9/h8-16,18H,4-7H2,1-3H3,(H,28,30)(H,32,33);4H,1-3,7H2,(H,11,12)(H4,8,9,10)/t16-,18-;. The van der Waals surface area contributed by atoms with Crippen molar-refractivity contribution in [2.45, 2.75) is 71.4 Å². The number of anilines is 2. The monoisotopic (exact) mass is 685 g/mol. The van der Waals surface area contributed by atoms with Crippen molar-refractivity contribution >= 4 is 63.8 Å². The zero-order valence-electron chi connectivity index (χ0n) is 26.7. The molecule has 1 aromatic carbocycles. The highest BCUT2D eigenvalue weighted by Crippen LogP contribution is 2.40. The van der Waals surface area contributed by atoms with Gasteiger partial charge in [-0.25, -0.2) is 9.78 Å². The first-order chi connectivity index (χ1) is 22.3. The second-order valence-corrected chi connectivity index (χ2v) is 13.5. The number of amides is 2. The van der Waals surface area contributed by atoms with Crippen LogP contribution in [0.15, 0.2) is 41.2 Å². The Balaban J connectivity index is 0.000000426. The lowest BCUT2D eigenvalue weighted by molar-refractivity contribution is -0.138. The number of hydrogen-bond donors (Lipinski definition) is 7. The van der Waals surface area contributed by atoms with Crippen molar-refractivity contribution in [3.05, 3.63) is 51.8 Å². The van der Waals surface area contributed by atoms with Crippen LogP contribution in [0.4, 0.5) is 11.4 Å². The van der Waals surface area contributed by atoms with E-state index >= 15 is 0 Å². The van der Waals surface area contributed by atoms with E-state index in [1.807, 2.05) is 26.0 Å². The Morgan fingerprint density at radius 3 is 2.30 bits per heavy atom. The van der Waals surface area contributed by atoms with E-state index in [0.717, 1.165) is 47.5 Å². The number of benzene rings is 1. The average molecular weight is 686 g/mol. The highest BCUT2D eigenvalue weighted by atomic mass is 32.1. The number of aromatic carboxylic acids is 1. The molecular weight excluding hydrogens is 643 g/mol. The van der Waals surface area contributed by atoms with E-state index in [-0.39, 0.29) is 34.6 Å². The SMILES string of the molecule is CC(C)N(c1cc(-c2ccc(NC(=O)c3cscn3)cc2)sc1C(=O)O)C(=O)[C@H]1CC[C@H](C)CC1.N=C(N)NCCCC(N)C(=O)O. The lowest BCUT2D eigenvalue weighted by atomic mass is 9.82. The maximum absolute atomic E-state index is 13.5. The van der Waals surface area contributed by atoms with Crippen molar-refractivity contribution in [1.82, 2.24) is 10.3 Å². The van der Waals surface area contributed by atoms with Crippen LogP contribution in [0.1, 0.15) is 79.5 Å². The summed E-state index contributed by atoms with van der Waals surface area (Å²) in [5.41, 5.74) is 14.1. The lowest BCUT2D eigenvalue weighted by Gasteiger charge is -2.33. The predicted octanol–water partition coefficient (Wildman–Crippen LogP) is 5.05. The first-order valence-electron chi connectivity index (χ1n) is 15.3. The summed E-state index contributed by atoms with van der Waals surface area (Å²) >= 11 is 2.51. The van der Waals surface area contributed by atoms with Crippen LogP contribution in [0.3, 0.4) is 0 Å². The van der Waals surface area contributed by atoms with Gasteiger partial charge in [0.05, 0.1) is 11.2 Å². The molecule has 13 nitrogen and oxygen atoms in total. The number of nitrogens with zero attached hydrogens (tertiary/aromatic N) is 2. The summed E-state index contributed by atoms with van der Waals surface area (Å²) in [5.74, 6) is -1.87. The number of nitrogens with two attached hydrogens (primary N) is 2. The third-order valence-corrected chi connectivity index (χ3v) is 9.45. The number of thiazole rings is 1. The topological polar surface area (TPSA) is 225 Å². The van der Waals surface area contributed by atoms with Crippen molar-refractivity contribution < 1.29 is 29.4 Å². The Morgan fingerprint density at radius 1 is 1.11 bits per heavy atom. The zero-order valence-corrected chi connectivity index (χ0v) is 28.3. The number of carboxylic acids is 2. The van der Waals surface area contributed by atoms with Crippen LogP contribution in [-0.4, -0.2) is 63.5 Å². The van der Waals surface area contributed by atoms with Gasteiger partial charge in [-0.1, -0.05) is 19.1 Å². The predicted molar refractivity (Wildman–Crippen MR) is 185 cm³/mol. The van der Waals surface area contributed by atoms with Crippen molar-refractivity contribution in [2.75, 3.05) is 16.8 Å². The Kier molecular flexibility index (Phi) is 13.9. The van der Waals surface area contributed by atoms with E-state index in [1.54, 1.807) is 34.0 Å². The summed E-state index contributed by atoms with van der Waals surface area (Å²) in [5, 5.41) is 32.1. The quantitative estimate of drug-likeness (QED) is 0.0763. The normalized spacial score (nSPS) is 16.4. The Labute approximate surface area is 281 Å². The Hall–Kier alpha value is -4.34. The van der Waals surface area contributed by atoms with E-state index in [4.69, 9.17) is 22.0 Å². The molecule has 2 aromatic heterocycles. The van der Waals surface area contributed by atoms with Gasteiger partial charge in [0.15, 0.2) is 5.96 Å². The zero-order chi connectivity index (χ0) is 34.7. The molecule has 0 bridgehead atoms. The van der Waals surface area contributed by atoms with E-state index in [9.17, 15) is 24.3 Å². The molecule has 0 saturated heterocycles. The number of guanidine groups is 1. The first-order valence-corrected chi connectivity index (χ1v) is 17.1. The van der Waals surface area contributed by atoms with Crippen LogP contribution in [0.25, 0.3) is 10.4 Å². The van der Waals surface area contributed by atoms with E-state index in [1.165, 1.54) is 11.3 Å². The van der Waals surface area contributed by atoms with Crippen LogP contribution in [0, 0.1) is 17.2 Å². The maximum atomic E-state index is 13.5. The summed E-state index contributed by atoms with van der Waals surface area (Å²) in [4.78, 5) is 54.7. The molecule has 1 aliphatic carbocycles. The van der Waals surface area contributed by atoms with Gasteiger partial charge in [-0.15, -0.1) is 22.7 Å². The molecule has 0 radical (unpaired) electrons. The van der Waals surface area contributed by atoms with Crippen LogP contribution in [0.5, 0.6) is 0 Å². The van der Waals surface area contributed by atoms with Gasteiger partial charge in [0.25, 0.3) is 5.91 Å². The summed E-state index contributed by atoms with van der Waals surface area (Å²) in [6.45, 7) is 6.54. The number of carboxylic acid groups (broad SMARTS) is 2. The molecule has 1 atom stereocenters. The van der Waals surface area contributed by atoms with Crippen LogP contribution in [-0.2, 0) is 9.59 Å². The lowest BCUT2D eigenvalue weighted by Crippen LogP contribution is -2.42. The van der Waals surface area contributed by atoms with Gasteiger partial charge in [0, 0.05) is 34.4 Å². The second-order valence-electron chi connectivity index (χ2n) is 11.7. The van der Waals surface area contributed by atoms with E-state index in [2.05, 4.69) is 22.5 Å². The fraction of sp³-hybridized carbons (Fsp3) is 0.438. The largest absolute Gasteiger partial charge is 0.480 e. The fourth-order valence-electron chi connectivity index (χ4n) is 5.12. The van der Waals surface area contributed by atoms with E-state index < -0.39 is 18.0 Å². The summed E-state index contributed by atoms with van der Waals surface area (Å²) < 4.78 is 0. The Morgan fingerprint density at radius 2 is 1.77 bits per heavy atom. The van der Waals surface area contributed by atoms with Gasteiger partial charge in [0.2, 0.25) is 5.91 Å². The average Bonchev–Trinajstić information content (AvgIpc) is 3.72. The number of rotatable bonds is 12. The van der Waals surface area contributed by atoms with Gasteiger partial charge < -0.3 is 37.2 Å². The van der Waals surface area contributed by atoms with Gasteiger partial charge >= 0.3 is 11.9 Å². The van der Waals surface area contributed by atoms with Gasteiger partial charge in [-0.05, 0) is 82.1 Å². The molecule has 2 heterocycles. The van der Waals surface area contributed by atoms with Crippen LogP contribution < -0.4 is 27.0 Å². The number of aromatic nitrogens is 1. The fourth-order valence-corrected chi connectivity index (χ4v) is 6.64. The van der Waals surface area contributed by atoms with Crippen molar-refractivity contribution in [1.29, 1.82) is 5.41 Å². The number of aliphatic carboxylic acids is 1. The van der Waals surface area contributed by atoms with Crippen molar-refractivity contribution in [3.8, 4) is 10.4 Å². The van der Waals surface area contributed by atoms with E-state index in [0.29, 0.717) is 42.4 Å². The molecule has 9 N–H and O–H groups in total. The molecule has 1 fully saturated rings. The van der Waals surface area contributed by atoms with Gasteiger partial charge in [-0.2, -0.15) is 0 Å². The third-order valence-electron chi connectivity index (χ3n) is 7.70. The third kappa shape index (κ3) is 10.9. The number of hydrogen-bond acceptors (Lipinski definition) is 9. The van der Waals surface area contributed by atoms with Crippen LogP contribution >= 0.6 is 22.7 Å². The Bertz CT molecular complexity index is 1520. The number of nitrogens with one attached hydrogen (secondary N) is 3. The van der Waals surface area contributed by atoms with Crippen molar-refractivity contribution in [3.63, 3.8) is 0 Å². The smallest absolute Gasteiger partial charge is 0.348 e. The van der Waals surface area contributed by atoms with Crippen LogP contribution in [0.2, 0.25) is 0 Å². The molecule has 0 spiro atoms. The molecule has 4 rings (SSSR count). The minimum Gasteiger partial charge on any atom is -0.480 e. The number of carbonyl (C=O) groups excluding carboxylic acids is 2. The first kappa shape index (κ1) is 37.1. The maximum Gasteiger partial charge on any atom is 0.348 e. The highest BCUT2D eigenvalue weighted by Gasteiger charge is 2.33. The molecule has 0 aliphatic heterocycles. The second kappa shape index (κ2) is 17.5. The minimum atomic E-state index is -1.04. The molecule has 1 saturated carbocycles. The molecule has 254 valence electrons. The molecule has 47 heavy (non-hydrogen) atoms. The molecule has 15 heteroatoms. The molecule has 1 unspecified atom stereocenters. The highest BCUT2D eigenvalue weighted by molar-refractivity contribution is 7.18. The summed E-state index contributed by atoms with van der Waals surface area (Å²) in [6.07, 6.45) is 4.71. The molecule has 3 aromatic rings. The van der Waals surface area contributed by atoms with Gasteiger partial charge in [0.1, 0.15) is 16.6 Å². The number of carbonyl (C=O) groups is 4.